The molecule has 2 heterocycles. The molecule has 0 amide bonds. The number of nitrogens with zero attached hydrogens (tertiary/aromatic N) is 1. The van der Waals surface area contributed by atoms with Crippen LogP contribution in [0.3, 0.4) is 0 Å². The van der Waals surface area contributed by atoms with Crippen LogP contribution < -0.4 is 10.6 Å². The van der Waals surface area contributed by atoms with E-state index >= 15 is 0 Å². The first-order valence-corrected chi connectivity index (χ1v) is 3.96. The lowest BCUT2D eigenvalue weighted by molar-refractivity contribution is 0.367. The van der Waals surface area contributed by atoms with Gasteiger partial charge in [0.15, 0.2) is 0 Å². The van der Waals surface area contributed by atoms with Crippen molar-refractivity contribution in [1.29, 1.82) is 0 Å². The average molecular weight is 141 g/mol. The smallest absolute Gasteiger partial charge is 0.0548 e. The lowest BCUT2D eigenvalue weighted by Gasteiger charge is -2.11. The number of likely N-dealkylation sites (tertiary alicyclic amines) is 1. The van der Waals surface area contributed by atoms with Gasteiger partial charge in [-0.1, -0.05) is 0 Å². The van der Waals surface area contributed by atoms with Crippen LogP contribution in [0.4, 0.5) is 0 Å². The van der Waals surface area contributed by atoms with Crippen LogP contribution in [0.5, 0.6) is 0 Å². The van der Waals surface area contributed by atoms with E-state index in [1.54, 1.807) is 0 Å². The largest absolute Gasteiger partial charge is 0.303 e. The lowest BCUT2D eigenvalue weighted by atomic mass is 10.2. The van der Waals surface area contributed by atoms with E-state index in [0.29, 0.717) is 18.2 Å². The van der Waals surface area contributed by atoms with Gasteiger partial charge in [-0.15, -0.1) is 0 Å². The Balaban J connectivity index is 2.00. The van der Waals surface area contributed by atoms with E-state index in [2.05, 4.69) is 29.5 Å². The first-order valence-electron chi connectivity index (χ1n) is 3.96. The van der Waals surface area contributed by atoms with Crippen molar-refractivity contribution >= 4 is 0 Å². The molecule has 2 unspecified atom stereocenters. The predicted octanol–water partition coefficient (Wildman–Crippen LogP) is -0.792. The maximum absolute atomic E-state index is 3.49. The van der Waals surface area contributed by atoms with E-state index in [1.807, 2.05) is 0 Å². The Morgan fingerprint density at radius 1 is 1.20 bits per heavy atom. The maximum atomic E-state index is 3.49. The second-order valence-corrected chi connectivity index (χ2v) is 3.49. The molecule has 2 fully saturated rings. The Bertz CT molecular complexity index is 109. The molecular weight excluding hydrogens is 126 g/mol. The van der Waals surface area contributed by atoms with Crippen molar-refractivity contribution in [3.05, 3.63) is 0 Å². The second kappa shape index (κ2) is 2.19. The maximum Gasteiger partial charge on any atom is 0.0548 e. The first-order chi connectivity index (χ1) is 4.75. The van der Waals surface area contributed by atoms with E-state index in [4.69, 9.17) is 0 Å². The summed E-state index contributed by atoms with van der Waals surface area (Å²) in [6.45, 7) is 4.57. The number of hydrogen-bond acceptors (Lipinski definition) is 3. The predicted molar refractivity (Wildman–Crippen MR) is 40.8 cm³/mol. The van der Waals surface area contributed by atoms with Gasteiger partial charge >= 0.3 is 0 Å². The Morgan fingerprint density at radius 3 is 2.20 bits per heavy atom. The molecule has 3 nitrogen and oxygen atoms in total. The van der Waals surface area contributed by atoms with Crippen molar-refractivity contribution in [2.24, 2.45) is 0 Å². The first kappa shape index (κ1) is 6.58. The minimum Gasteiger partial charge on any atom is -0.303 e. The molecular formula is C7H15N3. The van der Waals surface area contributed by atoms with Gasteiger partial charge in [-0.3, -0.25) is 10.6 Å². The molecule has 0 spiro atoms. The van der Waals surface area contributed by atoms with E-state index in [0.717, 1.165) is 0 Å². The molecule has 2 aliphatic rings. The quantitative estimate of drug-likeness (QED) is 0.463. The highest BCUT2D eigenvalue weighted by Gasteiger charge is 2.36. The van der Waals surface area contributed by atoms with Crippen LogP contribution in [-0.2, 0) is 0 Å². The van der Waals surface area contributed by atoms with Crippen LogP contribution in [-0.4, -0.2) is 43.3 Å². The van der Waals surface area contributed by atoms with Crippen LogP contribution in [0.1, 0.15) is 6.92 Å². The second-order valence-electron chi connectivity index (χ2n) is 3.49. The number of fused-ring (bicyclic) bond motifs is 1. The summed E-state index contributed by atoms with van der Waals surface area (Å²) in [5, 5.41) is 6.99. The molecule has 0 aliphatic carbocycles. The van der Waals surface area contributed by atoms with Crippen molar-refractivity contribution in [2.45, 2.75) is 25.2 Å². The number of likely N-dealkylation sites (N-methyl/N-ethyl adjacent to an activating group) is 1. The molecule has 0 bridgehead atoms. The Kier molecular flexibility index (Phi) is 1.44. The summed E-state index contributed by atoms with van der Waals surface area (Å²) in [4.78, 5) is 2.36. The summed E-state index contributed by atoms with van der Waals surface area (Å²) in [5.41, 5.74) is 0. The third kappa shape index (κ3) is 0.944. The Hall–Kier alpha value is -0.120. The monoisotopic (exact) mass is 141 g/mol. The molecule has 2 aliphatic heterocycles. The van der Waals surface area contributed by atoms with E-state index < -0.39 is 0 Å². The minimum absolute atomic E-state index is 0.517. The zero-order chi connectivity index (χ0) is 7.14. The van der Waals surface area contributed by atoms with E-state index in [9.17, 15) is 0 Å². The fraction of sp³-hybridized carbons (Fsp3) is 1.00. The van der Waals surface area contributed by atoms with Gasteiger partial charge < -0.3 is 4.90 Å². The van der Waals surface area contributed by atoms with Gasteiger partial charge in [-0.05, 0) is 14.0 Å². The molecule has 3 heteroatoms. The van der Waals surface area contributed by atoms with Gasteiger partial charge in [0.2, 0.25) is 0 Å². The number of rotatable bonds is 0. The molecule has 2 rings (SSSR count). The van der Waals surface area contributed by atoms with Gasteiger partial charge in [0.1, 0.15) is 0 Å². The summed E-state index contributed by atoms with van der Waals surface area (Å²) in [6.07, 6.45) is 0.517. The van der Waals surface area contributed by atoms with Crippen molar-refractivity contribution < 1.29 is 0 Å². The van der Waals surface area contributed by atoms with Gasteiger partial charge in [-0.25, -0.2) is 0 Å². The fourth-order valence-electron chi connectivity index (χ4n) is 2.03. The lowest BCUT2D eigenvalue weighted by Crippen LogP contribution is -2.35. The molecule has 0 radical (unpaired) electrons. The topological polar surface area (TPSA) is 27.3 Å². The zero-order valence-corrected chi connectivity index (χ0v) is 6.59. The zero-order valence-electron chi connectivity index (χ0n) is 6.59. The highest BCUT2D eigenvalue weighted by atomic mass is 15.3. The molecule has 2 saturated heterocycles. The van der Waals surface area contributed by atoms with E-state index in [1.165, 1.54) is 13.1 Å². The van der Waals surface area contributed by atoms with Crippen LogP contribution in [0.25, 0.3) is 0 Å². The third-order valence-corrected chi connectivity index (χ3v) is 2.43. The van der Waals surface area contributed by atoms with Crippen molar-refractivity contribution in [3.63, 3.8) is 0 Å². The molecule has 0 aromatic rings. The van der Waals surface area contributed by atoms with Crippen LogP contribution >= 0.6 is 0 Å². The normalized spacial score (nSPS) is 48.0. The standard InChI is InChI=1S/C7H15N3/c1-5-8-6-3-10(2)4-7(6)9-5/h5-9H,3-4H2,1-2H3. The van der Waals surface area contributed by atoms with Crippen molar-refractivity contribution in [1.82, 2.24) is 15.5 Å². The Morgan fingerprint density at radius 2 is 1.70 bits per heavy atom. The average Bonchev–Trinajstić information content (AvgIpc) is 2.21. The van der Waals surface area contributed by atoms with Gasteiger partial charge in [0.05, 0.1) is 6.17 Å². The molecule has 10 heavy (non-hydrogen) atoms. The number of hydrogen-bond donors (Lipinski definition) is 2. The number of nitrogens with one attached hydrogen (secondary N) is 2. The summed E-state index contributed by atoms with van der Waals surface area (Å²) in [7, 11) is 2.17. The van der Waals surface area contributed by atoms with Gasteiger partial charge in [0.25, 0.3) is 0 Å². The summed E-state index contributed by atoms with van der Waals surface area (Å²) < 4.78 is 0. The van der Waals surface area contributed by atoms with Crippen LogP contribution in [0.15, 0.2) is 0 Å². The van der Waals surface area contributed by atoms with Crippen molar-refractivity contribution in [3.8, 4) is 0 Å². The van der Waals surface area contributed by atoms with E-state index in [-0.39, 0.29) is 0 Å². The molecule has 58 valence electrons. The SMILES string of the molecule is CC1NC2CN(C)CC2N1. The van der Waals surface area contributed by atoms with Crippen LogP contribution in [0.2, 0.25) is 0 Å². The van der Waals surface area contributed by atoms with Crippen molar-refractivity contribution in [2.75, 3.05) is 20.1 Å². The highest BCUT2D eigenvalue weighted by Crippen LogP contribution is 2.13. The highest BCUT2D eigenvalue weighted by molar-refractivity contribution is 4.99. The molecule has 0 aromatic carbocycles. The summed E-state index contributed by atoms with van der Waals surface area (Å²) in [6, 6.07) is 1.39. The Labute approximate surface area is 61.8 Å². The fourth-order valence-corrected chi connectivity index (χ4v) is 2.03. The summed E-state index contributed by atoms with van der Waals surface area (Å²) in [5.74, 6) is 0. The summed E-state index contributed by atoms with van der Waals surface area (Å²) >= 11 is 0. The minimum atomic E-state index is 0.517. The molecule has 0 aromatic heterocycles. The molecule has 0 saturated carbocycles. The third-order valence-electron chi connectivity index (χ3n) is 2.43. The van der Waals surface area contributed by atoms with Gasteiger partial charge in [0, 0.05) is 25.2 Å². The molecule has 2 atom stereocenters. The van der Waals surface area contributed by atoms with Gasteiger partial charge in [-0.2, -0.15) is 0 Å². The molecule has 2 N–H and O–H groups in total. The van der Waals surface area contributed by atoms with Crippen LogP contribution in [0, 0.1) is 0 Å².